The van der Waals surface area contributed by atoms with Crippen molar-refractivity contribution >= 4 is 64.4 Å². The van der Waals surface area contributed by atoms with Crippen LogP contribution >= 0.6 is 0 Å². The molecule has 0 unspecified atom stereocenters. The first-order chi connectivity index (χ1) is 30.9. The monoisotopic (exact) mass is 898 g/mol. The van der Waals surface area contributed by atoms with E-state index in [0.717, 1.165) is 16.0 Å². The molecule has 0 radical (unpaired) electrons. The van der Waals surface area contributed by atoms with E-state index in [9.17, 15) is 59.1 Å². The van der Waals surface area contributed by atoms with Gasteiger partial charge in [-0.05, 0) is 17.7 Å². The van der Waals surface area contributed by atoms with Gasteiger partial charge < -0.3 is 67.3 Å². The maximum Gasteiger partial charge on any atom is 0.268 e. The molecular weight excluding hydrogens is 845 g/mol. The average Bonchev–Trinajstić information content (AvgIpc) is 3.81. The van der Waals surface area contributed by atoms with E-state index in [0.29, 0.717) is 10.9 Å². The number of β-amino-alcohol motifs (C(OH)–C–C–N with tert-alkyl or cyclic N) is 1. The molecule has 2 aliphatic rings. The van der Waals surface area contributed by atoms with Crippen molar-refractivity contribution in [3.05, 3.63) is 108 Å². The smallest absolute Gasteiger partial charge is 0.268 e. The lowest BCUT2D eigenvalue weighted by Gasteiger charge is -2.34. The van der Waals surface area contributed by atoms with Crippen molar-refractivity contribution in [3.63, 3.8) is 0 Å². The highest BCUT2D eigenvalue weighted by molar-refractivity contribution is 6.05. The number of H-pyrrole nitrogens is 1. The number of aliphatic hydroxyl groups is 5. The third kappa shape index (κ3) is 13.8. The second-order valence-electron chi connectivity index (χ2n) is 15.8. The van der Waals surface area contributed by atoms with Crippen molar-refractivity contribution in [3.8, 4) is 0 Å². The van der Waals surface area contributed by atoms with Gasteiger partial charge in [0.2, 0.25) is 29.5 Å². The summed E-state index contributed by atoms with van der Waals surface area (Å²) in [7, 11) is 1.21. The standard InChI is InChI=1S/C45H54N8O12/c1-26(12-6-3-4-7-13-27-14-8-5-9-15-27)40(60)41(61)39-42(62)44(64)50-33-20-35(56)52-45(33,65)21-38(59)53(2)25-37(58)49-32(18-28-22-46-31-17-11-10-16-30(28)31)43(63)48-24-36(57)47-23-29(54)19-34(55)51-39/h3-18,22,26,29,33,39-42,46,54,60-62,65H,19-21,23-25H2,1-2H3,(H,47,57)(H,48,63)(H,49,58)(H,50,64)(H,51,55)(H,52,56)/b4-3+,12-6+,13-7+,32-18-/t26-,29-,33-,39-,40+,41+,42+,45-/m1/s1. The largest absolute Gasteiger partial charge is 0.391 e. The lowest BCUT2D eigenvalue weighted by molar-refractivity contribution is -0.145. The molecular formula is C45H54N8O12. The highest BCUT2D eigenvalue weighted by atomic mass is 16.3. The Morgan fingerprint density at radius 3 is 2.28 bits per heavy atom. The molecule has 5 rings (SSSR count). The van der Waals surface area contributed by atoms with Gasteiger partial charge in [0.15, 0.2) is 11.8 Å². The van der Waals surface area contributed by atoms with Gasteiger partial charge in [-0.3, -0.25) is 33.6 Å². The third-order valence-corrected chi connectivity index (χ3v) is 10.7. The molecule has 346 valence electrons. The molecule has 12 N–H and O–H groups in total. The van der Waals surface area contributed by atoms with Gasteiger partial charge >= 0.3 is 0 Å². The fraction of sp³-hybridized carbons (Fsp3) is 0.356. The number of aromatic nitrogens is 1. The predicted octanol–water partition coefficient (Wildman–Crippen LogP) is -1.81. The number of para-hydroxylation sites is 1. The minimum atomic E-state index is -2.46. The summed E-state index contributed by atoms with van der Waals surface area (Å²) < 4.78 is 0. The van der Waals surface area contributed by atoms with E-state index in [4.69, 9.17) is 0 Å². The van der Waals surface area contributed by atoms with Gasteiger partial charge in [-0.2, -0.15) is 0 Å². The molecule has 2 fully saturated rings. The van der Waals surface area contributed by atoms with Crippen LogP contribution in [-0.2, 0) is 33.6 Å². The lowest BCUT2D eigenvalue weighted by atomic mass is 9.91. The summed E-state index contributed by atoms with van der Waals surface area (Å²) in [6.45, 7) is -0.323. The Hall–Kier alpha value is -6.97. The van der Waals surface area contributed by atoms with Gasteiger partial charge in [-0.15, -0.1) is 0 Å². The van der Waals surface area contributed by atoms with Crippen LogP contribution in [0.25, 0.3) is 23.1 Å². The number of aliphatic hydroxyl groups excluding tert-OH is 4. The van der Waals surface area contributed by atoms with Crippen LogP contribution in [0, 0.1) is 5.92 Å². The number of carbonyl (C=O) groups excluding carboxylic acids is 7. The first kappa shape index (κ1) is 49.1. The minimum Gasteiger partial charge on any atom is -0.391 e. The maximum atomic E-state index is 13.6. The van der Waals surface area contributed by atoms with E-state index in [1.54, 1.807) is 54.8 Å². The number of nitrogens with one attached hydrogen (secondary N) is 7. The molecule has 20 heteroatoms. The number of hydrogen-bond donors (Lipinski definition) is 12. The first-order valence-electron chi connectivity index (χ1n) is 20.7. The molecule has 7 amide bonds. The Labute approximate surface area is 373 Å². The number of aromatic amines is 1. The van der Waals surface area contributed by atoms with Crippen LogP contribution in [0.3, 0.4) is 0 Å². The van der Waals surface area contributed by atoms with Crippen LogP contribution < -0.4 is 31.9 Å². The molecule has 1 aromatic heterocycles. The van der Waals surface area contributed by atoms with Gasteiger partial charge in [-0.25, -0.2) is 0 Å². The topological polar surface area (TPSA) is 312 Å². The lowest BCUT2D eigenvalue weighted by Crippen LogP contribution is -2.63. The van der Waals surface area contributed by atoms with Crippen LogP contribution in [0.5, 0.6) is 0 Å². The van der Waals surface area contributed by atoms with Crippen molar-refractivity contribution in [1.29, 1.82) is 0 Å². The number of allylic oxidation sites excluding steroid dienone is 4. The predicted molar refractivity (Wildman–Crippen MR) is 236 cm³/mol. The number of hydrogen-bond acceptors (Lipinski definition) is 12. The van der Waals surface area contributed by atoms with E-state index < -0.39 is 128 Å². The van der Waals surface area contributed by atoms with Crippen LogP contribution in [0.2, 0.25) is 0 Å². The zero-order chi connectivity index (χ0) is 47.3. The number of likely N-dealkylation sites (N-methyl/N-ethyl adjacent to an activating group) is 1. The van der Waals surface area contributed by atoms with Gasteiger partial charge in [0.25, 0.3) is 11.8 Å². The second-order valence-corrected chi connectivity index (χ2v) is 15.8. The highest BCUT2D eigenvalue weighted by Gasteiger charge is 2.49. The van der Waals surface area contributed by atoms with Gasteiger partial charge in [-0.1, -0.05) is 91.9 Å². The molecule has 65 heavy (non-hydrogen) atoms. The van der Waals surface area contributed by atoms with Crippen molar-refractivity contribution in [1.82, 2.24) is 41.8 Å². The number of fused-ring (bicyclic) bond motifs is 2. The van der Waals surface area contributed by atoms with E-state index in [-0.39, 0.29) is 5.70 Å². The number of nitrogens with zero attached hydrogens (tertiary/aromatic N) is 1. The third-order valence-electron chi connectivity index (χ3n) is 10.7. The summed E-state index contributed by atoms with van der Waals surface area (Å²) in [4.78, 5) is 96.4. The Bertz CT molecular complexity index is 2350. The summed E-state index contributed by atoms with van der Waals surface area (Å²) in [6.07, 6.45) is 3.15. The SMILES string of the molecule is C[C@H](/C=C/C=C/C=C/c1ccccc1)[C@H](O)[C@@H](O)[C@H]1NC(=O)C[C@@H](O)CNC(=O)CNC(=O)/C(=C/c2c[nH]c3ccccc23)NC(=O)CN(C)C(=O)C[C@]2(O)NC(=O)C[C@H]2NC(=O)[C@H]1O. The van der Waals surface area contributed by atoms with E-state index in [1.165, 1.54) is 26.1 Å². The minimum absolute atomic E-state index is 0.317. The van der Waals surface area contributed by atoms with E-state index in [1.807, 2.05) is 36.4 Å². The molecule has 8 atom stereocenters. The number of rotatable bonds is 8. The number of carbonyl (C=O) groups is 7. The molecule has 0 spiro atoms. The summed E-state index contributed by atoms with van der Waals surface area (Å²) in [6, 6.07) is 13.1. The maximum absolute atomic E-state index is 13.6. The van der Waals surface area contributed by atoms with Crippen molar-refractivity contribution in [2.75, 3.05) is 26.7 Å². The summed E-state index contributed by atoms with van der Waals surface area (Å²) in [5.74, 6) is -7.50. The second kappa shape index (κ2) is 22.6. The molecule has 0 bridgehead atoms. The summed E-state index contributed by atoms with van der Waals surface area (Å²) in [5, 5.41) is 70.7. The zero-order valence-corrected chi connectivity index (χ0v) is 35.6. The molecule has 2 aliphatic heterocycles. The van der Waals surface area contributed by atoms with Crippen LogP contribution in [-0.4, -0.2) is 146 Å². The number of benzene rings is 2. The first-order valence-corrected chi connectivity index (χ1v) is 20.7. The van der Waals surface area contributed by atoms with E-state index >= 15 is 0 Å². The van der Waals surface area contributed by atoms with Crippen molar-refractivity contribution in [2.24, 2.45) is 5.92 Å². The highest BCUT2D eigenvalue weighted by Crippen LogP contribution is 2.24. The quantitative estimate of drug-likeness (QED) is 0.0881. The molecule has 3 heterocycles. The molecule has 20 nitrogen and oxygen atoms in total. The zero-order valence-electron chi connectivity index (χ0n) is 35.6. The van der Waals surface area contributed by atoms with Gasteiger partial charge in [0.1, 0.15) is 11.8 Å². The molecule has 0 aliphatic carbocycles. The Morgan fingerprint density at radius 2 is 1.52 bits per heavy atom. The fourth-order valence-corrected chi connectivity index (χ4v) is 7.05. The number of amides is 7. The molecule has 2 aromatic carbocycles. The Balaban J connectivity index is 1.36. The molecule has 2 saturated heterocycles. The molecule has 0 saturated carbocycles. The average molecular weight is 899 g/mol. The van der Waals surface area contributed by atoms with Crippen LogP contribution in [0.1, 0.15) is 37.3 Å². The summed E-state index contributed by atoms with van der Waals surface area (Å²) in [5.41, 5.74) is -0.602. The Morgan fingerprint density at radius 1 is 0.815 bits per heavy atom. The van der Waals surface area contributed by atoms with Gasteiger partial charge in [0.05, 0.1) is 56.6 Å². The summed E-state index contributed by atoms with van der Waals surface area (Å²) >= 11 is 0. The normalized spacial score (nSPS) is 26.0. The fourth-order valence-electron chi connectivity index (χ4n) is 7.05. The molecule has 3 aromatic rings. The van der Waals surface area contributed by atoms with Crippen molar-refractivity contribution < 1.29 is 59.1 Å². The van der Waals surface area contributed by atoms with Crippen LogP contribution in [0.4, 0.5) is 0 Å². The van der Waals surface area contributed by atoms with E-state index in [2.05, 4.69) is 36.9 Å². The van der Waals surface area contributed by atoms with Gasteiger partial charge in [0, 0.05) is 42.2 Å². The van der Waals surface area contributed by atoms with Crippen molar-refractivity contribution in [2.45, 2.75) is 68.4 Å². The Kier molecular flexibility index (Phi) is 17.0. The van der Waals surface area contributed by atoms with Crippen LogP contribution in [0.15, 0.2) is 96.9 Å².